The molecule has 2 heterocycles. The number of aromatic amines is 1. The van der Waals surface area contributed by atoms with Crippen molar-refractivity contribution in [3.05, 3.63) is 29.0 Å². The average Bonchev–Trinajstić information content (AvgIpc) is 3.20. The summed E-state index contributed by atoms with van der Waals surface area (Å²) in [5.41, 5.74) is 1.08. The molecular formula is C15H21N5OS. The molecule has 2 amide bonds. The van der Waals surface area contributed by atoms with Crippen LogP contribution in [-0.4, -0.2) is 27.8 Å². The molecule has 3 N–H and O–H groups in total. The summed E-state index contributed by atoms with van der Waals surface area (Å²) in [6.45, 7) is 0.576. The van der Waals surface area contributed by atoms with Gasteiger partial charge < -0.3 is 5.32 Å². The second-order valence-electron chi connectivity index (χ2n) is 5.64. The lowest BCUT2D eigenvalue weighted by Gasteiger charge is -2.19. The molecule has 118 valence electrons. The molecule has 0 unspecified atom stereocenters. The smallest absolute Gasteiger partial charge is 0.321 e. The summed E-state index contributed by atoms with van der Waals surface area (Å²) >= 11 is 1.60. The molecule has 0 atom stereocenters. The quantitative estimate of drug-likeness (QED) is 0.791. The number of carbonyl (C=O) groups excluding carboxylic acids is 1. The van der Waals surface area contributed by atoms with Crippen molar-refractivity contribution in [1.82, 2.24) is 20.5 Å². The van der Waals surface area contributed by atoms with E-state index >= 15 is 0 Å². The van der Waals surface area contributed by atoms with E-state index in [4.69, 9.17) is 0 Å². The molecule has 1 saturated carbocycles. The van der Waals surface area contributed by atoms with E-state index in [0.29, 0.717) is 17.6 Å². The summed E-state index contributed by atoms with van der Waals surface area (Å²) in [7, 11) is 0. The van der Waals surface area contributed by atoms with E-state index < -0.39 is 0 Å². The van der Waals surface area contributed by atoms with Crippen LogP contribution in [0.2, 0.25) is 0 Å². The molecule has 0 spiro atoms. The van der Waals surface area contributed by atoms with Gasteiger partial charge in [-0.15, -0.1) is 11.3 Å². The Kier molecular flexibility index (Phi) is 5.05. The Morgan fingerprint density at radius 1 is 1.32 bits per heavy atom. The first-order chi connectivity index (χ1) is 10.8. The van der Waals surface area contributed by atoms with Gasteiger partial charge in [0, 0.05) is 23.8 Å². The molecule has 2 aromatic rings. The first-order valence-electron chi connectivity index (χ1n) is 7.79. The van der Waals surface area contributed by atoms with Crippen LogP contribution in [0.5, 0.6) is 0 Å². The van der Waals surface area contributed by atoms with Gasteiger partial charge >= 0.3 is 6.03 Å². The van der Waals surface area contributed by atoms with Gasteiger partial charge in [0.15, 0.2) is 5.13 Å². The average molecular weight is 319 g/mol. The van der Waals surface area contributed by atoms with Crippen molar-refractivity contribution in [2.24, 2.45) is 0 Å². The molecule has 1 aliphatic rings. The molecule has 0 saturated heterocycles. The fourth-order valence-corrected chi connectivity index (χ4v) is 3.78. The highest BCUT2D eigenvalue weighted by Gasteiger charge is 2.18. The molecule has 0 radical (unpaired) electrons. The van der Waals surface area contributed by atoms with Crippen molar-refractivity contribution in [2.75, 3.05) is 11.9 Å². The number of hydrogen-bond acceptors (Lipinski definition) is 4. The van der Waals surface area contributed by atoms with Gasteiger partial charge in [-0.25, -0.2) is 9.78 Å². The molecule has 6 nitrogen and oxygen atoms in total. The van der Waals surface area contributed by atoms with Gasteiger partial charge in [-0.3, -0.25) is 10.4 Å². The number of H-pyrrole nitrogens is 1. The van der Waals surface area contributed by atoms with E-state index in [2.05, 4.69) is 25.8 Å². The van der Waals surface area contributed by atoms with Crippen molar-refractivity contribution in [2.45, 2.75) is 44.4 Å². The summed E-state index contributed by atoms with van der Waals surface area (Å²) in [5, 5.41) is 13.0. The van der Waals surface area contributed by atoms with E-state index in [-0.39, 0.29) is 6.03 Å². The van der Waals surface area contributed by atoms with Crippen LogP contribution in [0.1, 0.15) is 48.5 Å². The molecule has 0 bridgehead atoms. The second kappa shape index (κ2) is 7.40. The second-order valence-corrected chi connectivity index (χ2v) is 6.70. The Balaban J connectivity index is 1.44. The van der Waals surface area contributed by atoms with Crippen LogP contribution in [-0.2, 0) is 6.42 Å². The zero-order valence-electron chi connectivity index (χ0n) is 12.5. The highest BCUT2D eigenvalue weighted by molar-refractivity contribution is 7.15. The van der Waals surface area contributed by atoms with Crippen LogP contribution in [0.15, 0.2) is 18.6 Å². The molecule has 1 fully saturated rings. The molecule has 22 heavy (non-hydrogen) atoms. The highest BCUT2D eigenvalue weighted by Crippen LogP contribution is 2.36. The standard InChI is InChI=1S/C15H21N5OS/c21-14(16-7-6-11-8-18-19-9-11)20-15-17-10-13(22-15)12-4-2-1-3-5-12/h8-10,12H,1-7H2,(H,18,19)(H2,16,17,20,21). The third-order valence-electron chi connectivity index (χ3n) is 4.01. The van der Waals surface area contributed by atoms with Gasteiger partial charge in [-0.05, 0) is 30.7 Å². The van der Waals surface area contributed by atoms with Crippen LogP contribution in [0.4, 0.5) is 9.93 Å². The van der Waals surface area contributed by atoms with Gasteiger partial charge in [0.2, 0.25) is 0 Å². The van der Waals surface area contributed by atoms with Crippen LogP contribution in [0.25, 0.3) is 0 Å². The van der Waals surface area contributed by atoms with E-state index in [1.165, 1.54) is 37.0 Å². The molecular weight excluding hydrogens is 298 g/mol. The number of rotatable bonds is 5. The Morgan fingerprint density at radius 3 is 2.95 bits per heavy atom. The van der Waals surface area contributed by atoms with Gasteiger partial charge in [0.25, 0.3) is 0 Å². The first kappa shape index (κ1) is 15.0. The van der Waals surface area contributed by atoms with E-state index in [0.717, 1.165) is 12.0 Å². The summed E-state index contributed by atoms with van der Waals surface area (Å²) in [6, 6.07) is -0.201. The zero-order chi connectivity index (χ0) is 15.2. The number of carbonyl (C=O) groups is 1. The number of hydrogen-bond donors (Lipinski definition) is 3. The fraction of sp³-hybridized carbons (Fsp3) is 0.533. The van der Waals surface area contributed by atoms with Crippen molar-refractivity contribution in [3.8, 4) is 0 Å². The molecule has 2 aromatic heterocycles. The number of urea groups is 1. The topological polar surface area (TPSA) is 82.7 Å². The lowest BCUT2D eigenvalue weighted by Crippen LogP contribution is -2.30. The number of anilines is 1. The normalized spacial score (nSPS) is 15.6. The van der Waals surface area contributed by atoms with E-state index in [1.807, 2.05) is 12.4 Å². The third-order valence-corrected chi connectivity index (χ3v) is 5.08. The summed E-state index contributed by atoms with van der Waals surface area (Å²) in [5.74, 6) is 0.631. The van der Waals surface area contributed by atoms with Crippen molar-refractivity contribution < 1.29 is 4.79 Å². The van der Waals surface area contributed by atoms with Crippen LogP contribution in [0.3, 0.4) is 0 Å². The Hall–Kier alpha value is -1.89. The molecule has 0 aromatic carbocycles. The number of aromatic nitrogens is 3. The first-order valence-corrected chi connectivity index (χ1v) is 8.61. The predicted molar refractivity (Wildman–Crippen MR) is 87.3 cm³/mol. The summed E-state index contributed by atoms with van der Waals surface area (Å²) in [4.78, 5) is 17.5. The minimum atomic E-state index is -0.201. The maximum Gasteiger partial charge on any atom is 0.321 e. The highest BCUT2D eigenvalue weighted by atomic mass is 32.1. The molecule has 7 heteroatoms. The van der Waals surface area contributed by atoms with Gasteiger partial charge in [-0.2, -0.15) is 5.10 Å². The lowest BCUT2D eigenvalue weighted by atomic mass is 9.89. The van der Waals surface area contributed by atoms with Crippen molar-refractivity contribution in [3.63, 3.8) is 0 Å². The largest absolute Gasteiger partial charge is 0.337 e. The lowest BCUT2D eigenvalue weighted by molar-refractivity contribution is 0.252. The van der Waals surface area contributed by atoms with Crippen molar-refractivity contribution in [1.29, 1.82) is 0 Å². The third kappa shape index (κ3) is 4.07. The Bertz CT molecular complexity index is 589. The number of thiazole rings is 1. The van der Waals surface area contributed by atoms with Crippen molar-refractivity contribution >= 4 is 22.5 Å². The fourth-order valence-electron chi connectivity index (χ4n) is 2.80. The van der Waals surface area contributed by atoms with Gasteiger partial charge in [0.05, 0.1) is 6.20 Å². The van der Waals surface area contributed by atoms with Crippen LogP contribution in [0, 0.1) is 0 Å². The molecule has 0 aliphatic heterocycles. The maximum atomic E-state index is 11.8. The molecule has 3 rings (SSSR count). The van der Waals surface area contributed by atoms with Crippen LogP contribution >= 0.6 is 11.3 Å². The predicted octanol–water partition coefficient (Wildman–Crippen LogP) is 3.28. The van der Waals surface area contributed by atoms with E-state index in [9.17, 15) is 4.79 Å². The maximum absolute atomic E-state index is 11.8. The Morgan fingerprint density at radius 2 is 2.18 bits per heavy atom. The number of nitrogens with zero attached hydrogens (tertiary/aromatic N) is 2. The SMILES string of the molecule is O=C(NCCc1cn[nH]c1)Nc1ncc(C2CCCCC2)s1. The minimum absolute atomic E-state index is 0.201. The van der Waals surface area contributed by atoms with Crippen LogP contribution < -0.4 is 10.6 Å². The van der Waals surface area contributed by atoms with E-state index in [1.54, 1.807) is 17.5 Å². The summed E-state index contributed by atoms with van der Waals surface area (Å²) < 4.78 is 0. The summed E-state index contributed by atoms with van der Waals surface area (Å²) in [6.07, 6.45) is 12.7. The van der Waals surface area contributed by atoms with Gasteiger partial charge in [-0.1, -0.05) is 19.3 Å². The number of amides is 2. The zero-order valence-corrected chi connectivity index (χ0v) is 13.3. The number of nitrogens with one attached hydrogen (secondary N) is 3. The molecule has 1 aliphatic carbocycles. The monoisotopic (exact) mass is 319 g/mol. The Labute approximate surface area is 133 Å². The minimum Gasteiger partial charge on any atom is -0.337 e. The van der Waals surface area contributed by atoms with Gasteiger partial charge in [0.1, 0.15) is 0 Å².